The number of aryl methyl sites for hydroxylation is 3. The number of pyridine rings is 2. The fraction of sp³-hybridized carbons (Fsp3) is 0.278. The van der Waals surface area contributed by atoms with E-state index in [9.17, 15) is 13.2 Å². The van der Waals surface area contributed by atoms with E-state index in [2.05, 4.69) is 38.8 Å². The summed E-state index contributed by atoms with van der Waals surface area (Å²) in [5.74, 6) is 0.232. The first-order valence-corrected chi connectivity index (χ1v) is 17.2. The highest BCUT2D eigenvalue weighted by molar-refractivity contribution is 7.92. The summed E-state index contributed by atoms with van der Waals surface area (Å²) in [6, 6.07) is 21.2. The van der Waals surface area contributed by atoms with Gasteiger partial charge in [-0.05, 0) is 92.9 Å². The zero-order chi connectivity index (χ0) is 31.5. The first-order valence-electron chi connectivity index (χ1n) is 15.4. The van der Waals surface area contributed by atoms with Crippen molar-refractivity contribution in [2.24, 2.45) is 0 Å². The highest BCUT2D eigenvalue weighted by Gasteiger charge is 2.29. The van der Waals surface area contributed by atoms with Crippen molar-refractivity contribution in [3.05, 3.63) is 95.6 Å². The summed E-state index contributed by atoms with van der Waals surface area (Å²) >= 11 is 0. The van der Waals surface area contributed by atoms with Crippen LogP contribution in [0.4, 0.5) is 5.69 Å². The molecule has 0 aliphatic heterocycles. The number of aromatic nitrogens is 4. The van der Waals surface area contributed by atoms with E-state index in [1.54, 1.807) is 24.3 Å². The number of benzene rings is 3. The van der Waals surface area contributed by atoms with Crippen LogP contribution in [0.1, 0.15) is 65.6 Å². The molecule has 0 unspecified atom stereocenters. The lowest BCUT2D eigenvalue weighted by molar-refractivity contribution is 0.101. The van der Waals surface area contributed by atoms with Crippen molar-refractivity contribution in [1.82, 2.24) is 19.5 Å². The lowest BCUT2D eigenvalue weighted by Crippen LogP contribution is -2.36. The molecule has 0 atom stereocenters. The minimum atomic E-state index is -3.96. The molecule has 0 radical (unpaired) electrons. The Morgan fingerprint density at radius 2 is 1.60 bits per heavy atom. The van der Waals surface area contributed by atoms with E-state index in [0.29, 0.717) is 11.6 Å². The van der Waals surface area contributed by atoms with Gasteiger partial charge in [0, 0.05) is 51.2 Å². The number of sulfonamides is 1. The molecule has 8 nitrogen and oxygen atoms in total. The molecule has 7 rings (SSSR count). The molecule has 0 saturated heterocycles. The maximum Gasteiger partial charge on any atom is 0.272 e. The maximum absolute atomic E-state index is 14.0. The Kier molecular flexibility index (Phi) is 7.16. The third-order valence-electron chi connectivity index (χ3n) is 8.88. The van der Waals surface area contributed by atoms with Gasteiger partial charge in [0.25, 0.3) is 5.91 Å². The smallest absolute Gasteiger partial charge is 0.272 e. The average molecular weight is 618 g/mol. The van der Waals surface area contributed by atoms with Crippen molar-refractivity contribution in [3.63, 3.8) is 0 Å². The molecule has 1 saturated carbocycles. The van der Waals surface area contributed by atoms with Crippen molar-refractivity contribution in [3.8, 4) is 11.4 Å². The summed E-state index contributed by atoms with van der Waals surface area (Å²) in [7, 11) is -3.96. The number of amides is 1. The molecule has 3 heterocycles. The van der Waals surface area contributed by atoms with Gasteiger partial charge in [-0.1, -0.05) is 37.5 Å². The second-order valence-corrected chi connectivity index (χ2v) is 14.1. The largest absolute Gasteiger partial charge is 0.321 e. The second kappa shape index (κ2) is 11.1. The molecule has 9 heteroatoms. The molecule has 1 aliphatic rings. The summed E-state index contributed by atoms with van der Waals surface area (Å²) < 4.78 is 29.5. The Balaban J connectivity index is 1.35. The average Bonchev–Trinajstić information content (AvgIpc) is 3.39. The van der Waals surface area contributed by atoms with Crippen molar-refractivity contribution in [1.29, 1.82) is 0 Å². The fourth-order valence-corrected chi connectivity index (χ4v) is 7.72. The minimum Gasteiger partial charge on any atom is -0.321 e. The SMILES string of the molecule is Cc1cc2cc(-c3nc4cc(C(=O)N(c5ccc6c(C)nc(C)cc6c5)S(C)(=O)=O)ccc4n3C3CCCCC3)ccc2cn1. The number of hydrogen-bond donors (Lipinski definition) is 0. The lowest BCUT2D eigenvalue weighted by atomic mass is 9.94. The molecule has 3 aromatic carbocycles. The number of hydrogen-bond acceptors (Lipinski definition) is 6. The van der Waals surface area contributed by atoms with Crippen molar-refractivity contribution in [2.75, 3.05) is 10.6 Å². The van der Waals surface area contributed by atoms with Gasteiger partial charge in [-0.15, -0.1) is 0 Å². The van der Waals surface area contributed by atoms with Crippen LogP contribution in [0.3, 0.4) is 0 Å². The Labute approximate surface area is 262 Å². The number of carbonyl (C=O) groups excluding carboxylic acids is 1. The Hall–Kier alpha value is -4.63. The van der Waals surface area contributed by atoms with E-state index in [4.69, 9.17) is 4.98 Å². The van der Waals surface area contributed by atoms with Crippen molar-refractivity contribution < 1.29 is 13.2 Å². The van der Waals surface area contributed by atoms with Crippen molar-refractivity contribution >= 4 is 54.2 Å². The van der Waals surface area contributed by atoms with Crippen LogP contribution in [-0.2, 0) is 10.0 Å². The van der Waals surface area contributed by atoms with Gasteiger partial charge in [-0.3, -0.25) is 14.8 Å². The lowest BCUT2D eigenvalue weighted by Gasteiger charge is -2.26. The first kappa shape index (κ1) is 29.1. The molecular formula is C36H35N5O3S. The summed E-state index contributed by atoms with van der Waals surface area (Å²) in [5, 5.41) is 3.89. The monoisotopic (exact) mass is 617 g/mol. The summed E-state index contributed by atoms with van der Waals surface area (Å²) in [5.41, 5.74) is 5.77. The standard InChI is InChI=1S/C36H35N5O3S/c1-22-16-28-18-25(10-11-27(28)21-37-22)35-39-33-20-26(12-15-34(33)40(35)30-8-6-5-7-9-30)36(42)41(45(4,43)44)31-13-14-32-24(3)38-23(2)17-29(32)19-31/h10-21,30H,5-9H2,1-4H3. The van der Waals surface area contributed by atoms with E-state index in [1.165, 1.54) is 6.42 Å². The van der Waals surface area contributed by atoms with Crippen LogP contribution in [0.2, 0.25) is 0 Å². The van der Waals surface area contributed by atoms with Gasteiger partial charge in [0.1, 0.15) is 5.82 Å². The molecule has 0 spiro atoms. The van der Waals surface area contributed by atoms with Crippen LogP contribution >= 0.6 is 0 Å². The molecule has 228 valence electrons. The quantitative estimate of drug-likeness (QED) is 0.196. The molecule has 6 aromatic rings. The Bertz CT molecular complexity index is 2250. The summed E-state index contributed by atoms with van der Waals surface area (Å²) in [6.07, 6.45) is 8.62. The van der Waals surface area contributed by atoms with Crippen LogP contribution in [0.5, 0.6) is 0 Å². The number of anilines is 1. The second-order valence-electron chi connectivity index (χ2n) is 12.3. The molecule has 45 heavy (non-hydrogen) atoms. The van der Waals surface area contributed by atoms with Crippen molar-refractivity contribution in [2.45, 2.75) is 58.9 Å². The highest BCUT2D eigenvalue weighted by atomic mass is 32.2. The van der Waals surface area contributed by atoms with Gasteiger partial charge in [-0.25, -0.2) is 17.7 Å². The fourth-order valence-electron chi connectivity index (χ4n) is 6.82. The molecule has 0 N–H and O–H groups in total. The number of nitrogens with zero attached hydrogens (tertiary/aromatic N) is 5. The van der Waals surface area contributed by atoms with E-state index in [0.717, 1.165) is 91.8 Å². The summed E-state index contributed by atoms with van der Waals surface area (Å²) in [4.78, 5) is 28.1. The van der Waals surface area contributed by atoms with Crippen LogP contribution in [-0.4, -0.2) is 40.1 Å². The molecular weight excluding hydrogens is 582 g/mol. The zero-order valence-corrected chi connectivity index (χ0v) is 26.7. The van der Waals surface area contributed by atoms with Gasteiger partial charge >= 0.3 is 0 Å². The Morgan fingerprint density at radius 3 is 2.38 bits per heavy atom. The normalized spacial score (nSPS) is 14.4. The number of carbonyl (C=O) groups is 1. The third kappa shape index (κ3) is 5.35. The molecule has 1 amide bonds. The van der Waals surface area contributed by atoms with Crippen LogP contribution in [0.15, 0.2) is 72.9 Å². The van der Waals surface area contributed by atoms with Gasteiger partial charge in [0.15, 0.2) is 0 Å². The van der Waals surface area contributed by atoms with Gasteiger partial charge in [0.2, 0.25) is 10.0 Å². The highest BCUT2D eigenvalue weighted by Crippen LogP contribution is 2.37. The first-order chi connectivity index (χ1) is 21.6. The van der Waals surface area contributed by atoms with E-state index in [-0.39, 0.29) is 11.3 Å². The zero-order valence-electron chi connectivity index (χ0n) is 25.9. The third-order valence-corrected chi connectivity index (χ3v) is 9.92. The maximum atomic E-state index is 14.0. The molecule has 0 bridgehead atoms. The number of rotatable bonds is 5. The van der Waals surface area contributed by atoms with Crippen LogP contribution < -0.4 is 4.31 Å². The minimum absolute atomic E-state index is 0.259. The van der Waals surface area contributed by atoms with E-state index >= 15 is 0 Å². The van der Waals surface area contributed by atoms with E-state index < -0.39 is 15.9 Å². The van der Waals surface area contributed by atoms with Gasteiger partial charge in [0.05, 0.1) is 23.0 Å². The topological polar surface area (TPSA) is 98.0 Å². The Morgan fingerprint density at radius 1 is 0.822 bits per heavy atom. The molecule has 1 aliphatic carbocycles. The predicted molar refractivity (Wildman–Crippen MR) is 180 cm³/mol. The van der Waals surface area contributed by atoms with E-state index in [1.807, 2.05) is 45.2 Å². The van der Waals surface area contributed by atoms with Gasteiger partial charge < -0.3 is 4.57 Å². The number of imidazole rings is 1. The molecule has 1 fully saturated rings. The van der Waals surface area contributed by atoms with Crippen LogP contribution in [0.25, 0.3) is 44.0 Å². The number of fused-ring (bicyclic) bond motifs is 3. The van der Waals surface area contributed by atoms with Gasteiger partial charge in [-0.2, -0.15) is 0 Å². The predicted octanol–water partition coefficient (Wildman–Crippen LogP) is 7.84. The molecule has 3 aromatic heterocycles. The summed E-state index contributed by atoms with van der Waals surface area (Å²) in [6.45, 7) is 5.80. The van der Waals surface area contributed by atoms with Crippen LogP contribution in [0, 0.1) is 20.8 Å².